The van der Waals surface area contributed by atoms with Crippen LogP contribution in [0.4, 0.5) is 18.0 Å². The topological polar surface area (TPSA) is 50.4 Å². The fourth-order valence-electron chi connectivity index (χ4n) is 2.20. The van der Waals surface area contributed by atoms with E-state index >= 15 is 0 Å². The van der Waals surface area contributed by atoms with Crippen LogP contribution in [0, 0.1) is 0 Å². The summed E-state index contributed by atoms with van der Waals surface area (Å²) in [5.74, 6) is 0.00413. The highest BCUT2D eigenvalue weighted by atomic mass is 32.2. The fourth-order valence-corrected chi connectivity index (χ4v) is 2.65. The molecule has 1 fully saturated rings. The van der Waals surface area contributed by atoms with Crippen LogP contribution >= 0.6 is 11.8 Å². The first-order chi connectivity index (χ1) is 9.55. The van der Waals surface area contributed by atoms with Gasteiger partial charge in [0, 0.05) is 24.4 Å². The quantitative estimate of drug-likeness (QED) is 0.761. The van der Waals surface area contributed by atoms with E-state index in [1.807, 2.05) is 0 Å². The summed E-state index contributed by atoms with van der Waals surface area (Å²) in [6.45, 7) is 5.70. The first-order valence-electron chi connectivity index (χ1n) is 6.99. The number of alkyl carbamates (subject to hydrolysis) is 1. The predicted octanol–water partition coefficient (Wildman–Crippen LogP) is 3.27. The van der Waals surface area contributed by atoms with Crippen molar-refractivity contribution >= 4 is 17.9 Å². The lowest BCUT2D eigenvalue weighted by Gasteiger charge is -2.21. The van der Waals surface area contributed by atoms with Crippen molar-refractivity contribution in [3.8, 4) is 0 Å². The van der Waals surface area contributed by atoms with Gasteiger partial charge >= 0.3 is 11.6 Å². The molecule has 0 bridgehead atoms. The Morgan fingerprint density at radius 3 is 2.43 bits per heavy atom. The normalized spacial score (nSPS) is 23.1. The lowest BCUT2D eigenvalue weighted by atomic mass is 10.2. The van der Waals surface area contributed by atoms with Crippen LogP contribution in [0.3, 0.4) is 0 Å². The van der Waals surface area contributed by atoms with E-state index in [4.69, 9.17) is 4.74 Å². The van der Waals surface area contributed by atoms with E-state index in [0.29, 0.717) is 6.54 Å². The summed E-state index contributed by atoms with van der Waals surface area (Å²) < 4.78 is 41.1. The monoisotopic (exact) mass is 328 g/mol. The minimum absolute atomic E-state index is 0.00413. The van der Waals surface area contributed by atoms with Gasteiger partial charge in [-0.1, -0.05) is 0 Å². The first kappa shape index (κ1) is 18.4. The Balaban J connectivity index is 2.16. The maximum Gasteiger partial charge on any atom is 0.441 e. The standard InChI is InChI=1S/C13H23F3N2O2S/c1-12(2,3)20-11(19)18-10-5-4-9(8-10)17-6-7-21-13(14,15)16/h9-10,17H,4-8H2,1-3H3,(H,18,19). The zero-order chi connectivity index (χ0) is 16.1. The van der Waals surface area contributed by atoms with Gasteiger partial charge in [0.05, 0.1) is 0 Å². The summed E-state index contributed by atoms with van der Waals surface area (Å²) >= 11 is -0.0175. The van der Waals surface area contributed by atoms with Crippen molar-refractivity contribution in [3.05, 3.63) is 0 Å². The Morgan fingerprint density at radius 1 is 1.24 bits per heavy atom. The molecule has 124 valence electrons. The second kappa shape index (κ2) is 7.58. The highest BCUT2D eigenvalue weighted by Crippen LogP contribution is 2.29. The molecular weight excluding hydrogens is 305 g/mol. The van der Waals surface area contributed by atoms with Crippen LogP contribution in [0.1, 0.15) is 40.0 Å². The summed E-state index contributed by atoms with van der Waals surface area (Å²) in [7, 11) is 0. The molecule has 8 heteroatoms. The molecule has 0 aromatic heterocycles. The number of hydrogen-bond donors (Lipinski definition) is 2. The Kier molecular flexibility index (Phi) is 6.65. The largest absolute Gasteiger partial charge is 0.444 e. The molecule has 21 heavy (non-hydrogen) atoms. The lowest BCUT2D eigenvalue weighted by Crippen LogP contribution is -2.39. The molecule has 0 aromatic rings. The van der Waals surface area contributed by atoms with E-state index in [2.05, 4.69) is 10.6 Å². The molecule has 4 nitrogen and oxygen atoms in total. The highest BCUT2D eigenvalue weighted by molar-refractivity contribution is 8.00. The van der Waals surface area contributed by atoms with Gasteiger partial charge in [-0.3, -0.25) is 0 Å². The van der Waals surface area contributed by atoms with Gasteiger partial charge in [-0.2, -0.15) is 13.2 Å². The lowest BCUT2D eigenvalue weighted by molar-refractivity contribution is -0.0327. The smallest absolute Gasteiger partial charge is 0.441 e. The Labute approximate surface area is 127 Å². The molecule has 2 atom stereocenters. The van der Waals surface area contributed by atoms with Gasteiger partial charge in [0.1, 0.15) is 5.60 Å². The number of carbonyl (C=O) groups is 1. The van der Waals surface area contributed by atoms with Crippen molar-refractivity contribution in [2.45, 2.75) is 63.2 Å². The minimum Gasteiger partial charge on any atom is -0.444 e. The molecule has 0 aromatic carbocycles. The molecular formula is C13H23F3N2O2S. The van der Waals surface area contributed by atoms with Crippen molar-refractivity contribution in [1.29, 1.82) is 0 Å². The molecule has 1 amide bonds. The van der Waals surface area contributed by atoms with Crippen molar-refractivity contribution in [1.82, 2.24) is 10.6 Å². The van der Waals surface area contributed by atoms with Gasteiger partial charge in [0.2, 0.25) is 0 Å². The van der Waals surface area contributed by atoms with E-state index in [9.17, 15) is 18.0 Å². The summed E-state index contributed by atoms with van der Waals surface area (Å²) in [6, 6.07) is 0.173. The molecule has 1 saturated carbocycles. The number of alkyl halides is 3. The van der Waals surface area contributed by atoms with Crippen molar-refractivity contribution in [3.63, 3.8) is 0 Å². The molecule has 1 aliphatic rings. The van der Waals surface area contributed by atoms with Gasteiger partial charge in [-0.15, -0.1) is 0 Å². The van der Waals surface area contributed by atoms with Crippen LogP contribution in [-0.4, -0.2) is 41.6 Å². The summed E-state index contributed by atoms with van der Waals surface area (Å²) in [4.78, 5) is 11.6. The Morgan fingerprint density at radius 2 is 1.86 bits per heavy atom. The summed E-state index contributed by atoms with van der Waals surface area (Å²) in [6.07, 6.45) is 1.93. The molecule has 0 spiro atoms. The van der Waals surface area contributed by atoms with Gasteiger partial charge in [-0.05, 0) is 51.8 Å². The van der Waals surface area contributed by atoms with Gasteiger partial charge in [-0.25, -0.2) is 4.79 Å². The van der Waals surface area contributed by atoms with E-state index in [0.717, 1.165) is 19.3 Å². The second-order valence-corrected chi connectivity index (χ2v) is 7.26. The van der Waals surface area contributed by atoms with Gasteiger partial charge in [0.15, 0.2) is 0 Å². The zero-order valence-electron chi connectivity index (χ0n) is 12.5. The molecule has 0 saturated heterocycles. The Bertz CT molecular complexity index is 345. The van der Waals surface area contributed by atoms with E-state index in [1.165, 1.54) is 0 Å². The van der Waals surface area contributed by atoms with Crippen molar-refractivity contribution in [2.24, 2.45) is 0 Å². The van der Waals surface area contributed by atoms with E-state index < -0.39 is 17.2 Å². The van der Waals surface area contributed by atoms with Crippen LogP contribution in [0.25, 0.3) is 0 Å². The van der Waals surface area contributed by atoms with E-state index in [-0.39, 0.29) is 29.6 Å². The van der Waals surface area contributed by atoms with E-state index in [1.54, 1.807) is 20.8 Å². The maximum absolute atomic E-state index is 12.0. The highest BCUT2D eigenvalue weighted by Gasteiger charge is 2.29. The molecule has 0 heterocycles. The SMILES string of the molecule is CC(C)(C)OC(=O)NC1CCC(NCCSC(F)(F)F)C1. The van der Waals surface area contributed by atoms with Crippen LogP contribution in [0.5, 0.6) is 0 Å². The number of rotatable bonds is 5. The number of ether oxygens (including phenoxy) is 1. The fraction of sp³-hybridized carbons (Fsp3) is 0.923. The third kappa shape index (κ3) is 9.08. The number of halogens is 3. The molecule has 0 aliphatic heterocycles. The number of hydrogen-bond acceptors (Lipinski definition) is 4. The number of carbonyl (C=O) groups excluding carboxylic acids is 1. The minimum atomic E-state index is -4.17. The number of thioether (sulfide) groups is 1. The molecule has 2 N–H and O–H groups in total. The van der Waals surface area contributed by atoms with Gasteiger partial charge in [0.25, 0.3) is 0 Å². The molecule has 1 rings (SSSR count). The van der Waals surface area contributed by atoms with Crippen molar-refractivity contribution in [2.75, 3.05) is 12.3 Å². The third-order valence-corrected chi connectivity index (χ3v) is 3.69. The Hall–Kier alpha value is -0.630. The summed E-state index contributed by atoms with van der Waals surface area (Å²) in [5, 5.41) is 5.89. The van der Waals surface area contributed by atoms with Crippen LogP contribution in [-0.2, 0) is 4.74 Å². The van der Waals surface area contributed by atoms with Crippen LogP contribution in [0.2, 0.25) is 0 Å². The second-order valence-electron chi connectivity index (χ2n) is 6.10. The first-order valence-corrected chi connectivity index (χ1v) is 7.97. The van der Waals surface area contributed by atoms with Crippen LogP contribution < -0.4 is 10.6 Å². The number of nitrogens with one attached hydrogen (secondary N) is 2. The third-order valence-electron chi connectivity index (χ3n) is 2.95. The average Bonchev–Trinajstić information content (AvgIpc) is 2.68. The molecule has 0 radical (unpaired) electrons. The predicted molar refractivity (Wildman–Crippen MR) is 77.3 cm³/mol. The van der Waals surface area contributed by atoms with Crippen molar-refractivity contribution < 1.29 is 22.7 Å². The molecule has 1 aliphatic carbocycles. The van der Waals surface area contributed by atoms with Crippen LogP contribution in [0.15, 0.2) is 0 Å². The maximum atomic E-state index is 12.0. The number of amides is 1. The molecule has 2 unspecified atom stereocenters. The summed E-state index contributed by atoms with van der Waals surface area (Å²) in [5.41, 5.74) is -4.70. The van der Waals surface area contributed by atoms with Gasteiger partial charge < -0.3 is 15.4 Å². The zero-order valence-corrected chi connectivity index (χ0v) is 13.4. The average molecular weight is 328 g/mol.